The van der Waals surface area contributed by atoms with Crippen molar-refractivity contribution < 1.29 is 0 Å². The number of aromatic nitrogens is 2. The van der Waals surface area contributed by atoms with Crippen molar-refractivity contribution in [1.29, 1.82) is 0 Å². The topological polar surface area (TPSA) is 22.2 Å². The molecule has 13 rings (SSSR count). The number of benzene rings is 11. The maximum atomic E-state index is 8.00. The molecule has 61 heavy (non-hydrogen) atoms. The predicted octanol–water partition coefficient (Wildman–Crippen LogP) is 16.1. The van der Waals surface area contributed by atoms with Crippen LogP contribution in [0, 0.1) is 6.57 Å². The van der Waals surface area contributed by atoms with E-state index in [0.29, 0.717) is 5.69 Å². The van der Waals surface area contributed by atoms with Crippen molar-refractivity contribution in [2.45, 2.75) is 0 Å². The third-order valence-corrected chi connectivity index (χ3v) is 13.0. The second-order valence-electron chi connectivity index (χ2n) is 16.1. The Bertz CT molecular complexity index is 3950. The van der Waals surface area contributed by atoms with E-state index in [1.807, 2.05) is 24.4 Å². The fourth-order valence-corrected chi connectivity index (χ4v) is 10.3. The Labute approximate surface area is 351 Å². The summed E-state index contributed by atoms with van der Waals surface area (Å²) in [7, 11) is 0. The lowest BCUT2D eigenvalue weighted by Gasteiger charge is -2.19. The minimum atomic E-state index is 0.667. The van der Waals surface area contributed by atoms with Gasteiger partial charge >= 0.3 is 0 Å². The molecule has 0 N–H and O–H groups in total. The SMILES string of the molecule is [C-]#[N+]c1ccc2c3c1ccc1c(-c4ccc5cc(-c6c7ccccc7c(-c7cccc8ccccc78)c7ccccc67)ccc5c4)ccc(c13)n2-c1cnc2ccccc2c1. The standard InChI is InChI=1S/C58H33N3/c1-59-52-28-30-54-58-50(52)26-25-49-43(27-29-53(57(49)58)61(54)41-33-39-12-3-9-20-51(39)60-34-41)38-23-21-37-32-40(24-22-36(37)31-38)55-45-15-5-7-17-47(45)56(48-18-8-6-16-46(48)55)44-19-10-13-35-11-2-4-14-42(35)44/h2-34H. The van der Waals surface area contributed by atoms with Crippen LogP contribution in [0.3, 0.4) is 0 Å². The van der Waals surface area contributed by atoms with Crippen LogP contribution in [0.5, 0.6) is 0 Å². The molecule has 0 saturated heterocycles. The Hall–Kier alpha value is -8.32. The smallest absolute Gasteiger partial charge is 0.195 e. The average molecular weight is 772 g/mol. The molecule has 0 aliphatic carbocycles. The Morgan fingerprint density at radius 2 is 0.984 bits per heavy atom. The molecule has 0 saturated carbocycles. The van der Waals surface area contributed by atoms with Gasteiger partial charge in [0.05, 0.1) is 35.0 Å². The van der Waals surface area contributed by atoms with E-state index >= 15 is 0 Å². The van der Waals surface area contributed by atoms with E-state index in [1.165, 1.54) is 81.7 Å². The molecule has 0 fully saturated rings. The fourth-order valence-electron chi connectivity index (χ4n) is 10.3. The summed E-state index contributed by atoms with van der Waals surface area (Å²) in [5, 5.41) is 15.4. The Kier molecular flexibility index (Phi) is 7.08. The molecule has 0 aliphatic heterocycles. The second-order valence-corrected chi connectivity index (χ2v) is 16.1. The molecule has 3 nitrogen and oxygen atoms in total. The number of hydrogen-bond donors (Lipinski definition) is 0. The van der Waals surface area contributed by atoms with E-state index in [9.17, 15) is 0 Å². The van der Waals surface area contributed by atoms with Gasteiger partial charge in [-0.2, -0.15) is 0 Å². The number of nitrogens with zero attached hydrogens (tertiary/aromatic N) is 3. The van der Waals surface area contributed by atoms with Crippen molar-refractivity contribution in [3.63, 3.8) is 0 Å². The summed E-state index contributed by atoms with van der Waals surface area (Å²) in [6, 6.07) is 70.4. The largest absolute Gasteiger partial charge is 0.308 e. The van der Waals surface area contributed by atoms with Gasteiger partial charge in [-0.3, -0.25) is 4.98 Å². The van der Waals surface area contributed by atoms with Gasteiger partial charge in [-0.05, 0) is 124 Å². The van der Waals surface area contributed by atoms with Crippen LogP contribution in [0.25, 0.3) is 130 Å². The molecule has 0 radical (unpaired) electrons. The summed E-state index contributed by atoms with van der Waals surface area (Å²) in [5.74, 6) is 0. The first-order chi connectivity index (χ1) is 30.2. The van der Waals surface area contributed by atoms with Gasteiger partial charge in [0.15, 0.2) is 5.69 Å². The van der Waals surface area contributed by atoms with Gasteiger partial charge in [0, 0.05) is 16.2 Å². The molecule has 0 spiro atoms. The van der Waals surface area contributed by atoms with Crippen molar-refractivity contribution in [3.8, 4) is 39.1 Å². The van der Waals surface area contributed by atoms with Gasteiger partial charge in [0.25, 0.3) is 0 Å². The third-order valence-electron chi connectivity index (χ3n) is 13.0. The van der Waals surface area contributed by atoms with Crippen molar-refractivity contribution in [1.82, 2.24) is 9.55 Å². The molecule has 0 amide bonds. The van der Waals surface area contributed by atoms with Crippen LogP contribution in [-0.2, 0) is 0 Å². The van der Waals surface area contributed by atoms with E-state index in [0.717, 1.165) is 44.0 Å². The molecule has 3 heteroatoms. The van der Waals surface area contributed by atoms with Crippen LogP contribution in [-0.4, -0.2) is 9.55 Å². The molecule has 2 aromatic heterocycles. The lowest BCUT2D eigenvalue weighted by molar-refractivity contribution is 1.16. The highest BCUT2D eigenvalue weighted by Gasteiger charge is 2.22. The predicted molar refractivity (Wildman–Crippen MR) is 257 cm³/mol. The number of para-hydroxylation sites is 1. The maximum absolute atomic E-state index is 8.00. The van der Waals surface area contributed by atoms with E-state index < -0.39 is 0 Å². The first kappa shape index (κ1) is 33.6. The number of hydrogen-bond acceptors (Lipinski definition) is 1. The summed E-state index contributed by atoms with van der Waals surface area (Å²) in [5.41, 5.74) is 12.2. The first-order valence-corrected chi connectivity index (χ1v) is 20.7. The fraction of sp³-hybridized carbons (Fsp3) is 0. The first-order valence-electron chi connectivity index (χ1n) is 20.7. The lowest BCUT2D eigenvalue weighted by Crippen LogP contribution is -1.95. The van der Waals surface area contributed by atoms with Crippen molar-refractivity contribution >= 4 is 92.3 Å². The Balaban J connectivity index is 0.981. The summed E-state index contributed by atoms with van der Waals surface area (Å²) in [4.78, 5) is 8.77. The number of pyridine rings is 1. The monoisotopic (exact) mass is 771 g/mol. The maximum Gasteiger partial charge on any atom is 0.195 e. The molecule has 0 aliphatic rings. The molecule has 0 bridgehead atoms. The summed E-state index contributed by atoms with van der Waals surface area (Å²) < 4.78 is 2.31. The summed E-state index contributed by atoms with van der Waals surface area (Å²) >= 11 is 0. The van der Waals surface area contributed by atoms with Crippen LogP contribution in [0.15, 0.2) is 200 Å². The van der Waals surface area contributed by atoms with Crippen molar-refractivity contribution in [2.24, 2.45) is 0 Å². The number of fused-ring (bicyclic) bond motifs is 5. The highest BCUT2D eigenvalue weighted by molar-refractivity contribution is 6.29. The van der Waals surface area contributed by atoms with Gasteiger partial charge < -0.3 is 4.57 Å². The Morgan fingerprint density at radius 3 is 1.74 bits per heavy atom. The normalized spacial score (nSPS) is 11.9. The molecule has 280 valence electrons. The van der Waals surface area contributed by atoms with Crippen LogP contribution in [0.1, 0.15) is 0 Å². The third kappa shape index (κ3) is 4.88. The minimum absolute atomic E-state index is 0.667. The quantitative estimate of drug-likeness (QED) is 0.0992. The van der Waals surface area contributed by atoms with Gasteiger partial charge in [-0.25, -0.2) is 4.85 Å². The van der Waals surface area contributed by atoms with E-state index in [4.69, 9.17) is 11.6 Å². The molecule has 11 aromatic carbocycles. The molecule has 0 unspecified atom stereocenters. The van der Waals surface area contributed by atoms with Crippen LogP contribution >= 0.6 is 0 Å². The van der Waals surface area contributed by atoms with E-state index in [-0.39, 0.29) is 0 Å². The van der Waals surface area contributed by atoms with Crippen molar-refractivity contribution in [3.05, 3.63) is 212 Å². The highest BCUT2D eigenvalue weighted by Crippen LogP contribution is 2.48. The molecular formula is C58H33N3. The molecular weight excluding hydrogens is 739 g/mol. The lowest BCUT2D eigenvalue weighted by atomic mass is 9.84. The minimum Gasteiger partial charge on any atom is -0.308 e. The zero-order valence-electron chi connectivity index (χ0n) is 32.9. The van der Waals surface area contributed by atoms with E-state index in [2.05, 4.69) is 185 Å². The molecule has 2 heterocycles. The number of rotatable bonds is 4. The molecule has 13 aromatic rings. The van der Waals surface area contributed by atoms with Crippen LogP contribution in [0.2, 0.25) is 0 Å². The van der Waals surface area contributed by atoms with E-state index in [1.54, 1.807) is 0 Å². The zero-order valence-corrected chi connectivity index (χ0v) is 32.9. The highest BCUT2D eigenvalue weighted by atomic mass is 15.0. The van der Waals surface area contributed by atoms with Gasteiger partial charge in [0.2, 0.25) is 0 Å². The van der Waals surface area contributed by atoms with Crippen LogP contribution in [0.4, 0.5) is 5.69 Å². The molecule has 0 atom stereocenters. The van der Waals surface area contributed by atoms with Crippen molar-refractivity contribution in [2.75, 3.05) is 0 Å². The summed E-state index contributed by atoms with van der Waals surface area (Å²) in [6.07, 6.45) is 1.96. The van der Waals surface area contributed by atoms with Crippen LogP contribution < -0.4 is 0 Å². The van der Waals surface area contributed by atoms with Gasteiger partial charge in [-0.15, -0.1) is 0 Å². The van der Waals surface area contributed by atoms with Gasteiger partial charge in [-0.1, -0.05) is 158 Å². The Morgan fingerprint density at radius 1 is 0.393 bits per heavy atom. The zero-order chi connectivity index (χ0) is 40.2. The summed E-state index contributed by atoms with van der Waals surface area (Å²) in [6.45, 7) is 8.00. The van der Waals surface area contributed by atoms with Gasteiger partial charge in [0.1, 0.15) is 0 Å². The second kappa shape index (κ2) is 12.8. The average Bonchev–Trinajstić information content (AvgIpc) is 3.67.